The first-order chi connectivity index (χ1) is 10.0. The summed E-state index contributed by atoms with van der Waals surface area (Å²) in [5.41, 5.74) is 5.21. The summed E-state index contributed by atoms with van der Waals surface area (Å²) in [6.07, 6.45) is 6.70. The number of ether oxygens (including phenoxy) is 1. The van der Waals surface area contributed by atoms with Crippen LogP contribution < -0.4 is 10.5 Å². The lowest BCUT2D eigenvalue weighted by Gasteiger charge is -2.55. The van der Waals surface area contributed by atoms with E-state index in [0.29, 0.717) is 17.8 Å². The Morgan fingerprint density at radius 2 is 1.71 bits per heavy atom. The number of anilines is 1. The molecule has 5 rings (SSSR count). The Labute approximate surface area is 123 Å². The van der Waals surface area contributed by atoms with E-state index in [0.717, 1.165) is 19.3 Å². The maximum atomic E-state index is 13.5. The smallest absolute Gasteiger partial charge is 0.317 e. The van der Waals surface area contributed by atoms with Crippen LogP contribution in [0.2, 0.25) is 0 Å². The molecule has 21 heavy (non-hydrogen) atoms. The van der Waals surface area contributed by atoms with Crippen molar-refractivity contribution in [3.63, 3.8) is 0 Å². The van der Waals surface area contributed by atoms with Gasteiger partial charge in [0.05, 0.1) is 11.1 Å². The lowest BCUT2D eigenvalue weighted by atomic mass is 9.49. The molecule has 0 atom stereocenters. The van der Waals surface area contributed by atoms with E-state index in [9.17, 15) is 9.18 Å². The quantitative estimate of drug-likeness (QED) is 0.515. The first-order valence-corrected chi connectivity index (χ1v) is 7.81. The normalized spacial score (nSPS) is 36.7. The van der Waals surface area contributed by atoms with E-state index in [2.05, 4.69) is 0 Å². The van der Waals surface area contributed by atoms with Crippen molar-refractivity contribution >= 4 is 11.7 Å². The number of hydrogen-bond donors (Lipinski definition) is 1. The lowest BCUT2D eigenvalue weighted by Crippen LogP contribution is -2.51. The summed E-state index contributed by atoms with van der Waals surface area (Å²) in [6.45, 7) is 0. The van der Waals surface area contributed by atoms with Gasteiger partial charge in [0.2, 0.25) is 0 Å². The highest BCUT2D eigenvalue weighted by Gasteiger charge is 2.55. The van der Waals surface area contributed by atoms with Crippen LogP contribution in [0.25, 0.3) is 0 Å². The molecule has 1 aromatic carbocycles. The second kappa shape index (κ2) is 4.46. The van der Waals surface area contributed by atoms with E-state index >= 15 is 0 Å². The molecule has 0 heterocycles. The first kappa shape index (κ1) is 13.1. The Morgan fingerprint density at radius 1 is 1.14 bits per heavy atom. The van der Waals surface area contributed by atoms with Crippen LogP contribution in [-0.2, 0) is 4.79 Å². The van der Waals surface area contributed by atoms with Gasteiger partial charge in [-0.3, -0.25) is 4.79 Å². The average Bonchev–Trinajstić information content (AvgIpc) is 2.41. The molecule has 0 amide bonds. The Balaban J connectivity index is 1.56. The average molecular weight is 289 g/mol. The van der Waals surface area contributed by atoms with Crippen LogP contribution in [0.5, 0.6) is 5.75 Å². The van der Waals surface area contributed by atoms with Crippen LogP contribution >= 0.6 is 0 Å². The number of hydrogen-bond acceptors (Lipinski definition) is 3. The molecule has 2 N–H and O–H groups in total. The first-order valence-electron chi connectivity index (χ1n) is 7.81. The minimum absolute atomic E-state index is 0.0737. The van der Waals surface area contributed by atoms with Crippen molar-refractivity contribution in [3.05, 3.63) is 24.0 Å². The summed E-state index contributed by atoms with van der Waals surface area (Å²) in [5.74, 6) is 1.63. The Morgan fingerprint density at radius 3 is 2.24 bits per heavy atom. The van der Waals surface area contributed by atoms with Gasteiger partial charge in [-0.2, -0.15) is 0 Å². The van der Waals surface area contributed by atoms with Crippen molar-refractivity contribution in [2.75, 3.05) is 5.73 Å². The molecule has 1 aromatic rings. The monoisotopic (exact) mass is 289 g/mol. The molecule has 4 heteroatoms. The maximum absolute atomic E-state index is 13.5. The van der Waals surface area contributed by atoms with E-state index < -0.39 is 5.82 Å². The van der Waals surface area contributed by atoms with Crippen LogP contribution in [0.4, 0.5) is 10.1 Å². The van der Waals surface area contributed by atoms with Crippen molar-refractivity contribution in [1.29, 1.82) is 0 Å². The molecule has 4 saturated carbocycles. The van der Waals surface area contributed by atoms with Gasteiger partial charge in [0.15, 0.2) is 0 Å². The molecule has 4 aliphatic rings. The minimum atomic E-state index is -0.536. The minimum Gasteiger partial charge on any atom is -0.426 e. The highest BCUT2D eigenvalue weighted by Crippen LogP contribution is 2.60. The standard InChI is InChI=1S/C17H20FNO2/c18-14-6-13(1-2-15(14)19)21-16(20)17-7-10-3-11(8-17)5-12(4-10)9-17/h1-2,6,10-12H,3-5,7-9,19H2. The van der Waals surface area contributed by atoms with E-state index in [1.54, 1.807) is 6.07 Å². The van der Waals surface area contributed by atoms with Gasteiger partial charge in [-0.15, -0.1) is 0 Å². The molecule has 0 aromatic heterocycles. The highest BCUT2D eigenvalue weighted by molar-refractivity contribution is 5.80. The number of rotatable bonds is 2. The van der Waals surface area contributed by atoms with E-state index in [-0.39, 0.29) is 22.8 Å². The molecule has 0 unspecified atom stereocenters. The van der Waals surface area contributed by atoms with Crippen molar-refractivity contribution in [2.45, 2.75) is 38.5 Å². The highest BCUT2D eigenvalue weighted by atomic mass is 19.1. The molecule has 0 radical (unpaired) electrons. The second-order valence-electron chi connectivity index (χ2n) is 7.27. The van der Waals surface area contributed by atoms with Crippen molar-refractivity contribution in [2.24, 2.45) is 23.2 Å². The Kier molecular flexibility index (Phi) is 2.78. The topological polar surface area (TPSA) is 52.3 Å². The SMILES string of the molecule is Nc1ccc(OC(=O)C23CC4CC(CC(C4)C2)C3)cc1F. The fraction of sp³-hybridized carbons (Fsp3) is 0.588. The largest absolute Gasteiger partial charge is 0.426 e. The summed E-state index contributed by atoms with van der Waals surface area (Å²) >= 11 is 0. The molecule has 4 fully saturated rings. The third-order valence-corrected chi connectivity index (χ3v) is 5.65. The zero-order valence-electron chi connectivity index (χ0n) is 12.0. The molecule has 4 bridgehead atoms. The number of benzene rings is 1. The van der Waals surface area contributed by atoms with Gasteiger partial charge in [-0.1, -0.05) is 0 Å². The fourth-order valence-corrected chi connectivity index (χ4v) is 5.15. The number of carbonyl (C=O) groups excluding carboxylic acids is 1. The summed E-state index contributed by atoms with van der Waals surface area (Å²) in [6, 6.07) is 4.21. The van der Waals surface area contributed by atoms with Gasteiger partial charge >= 0.3 is 5.97 Å². The van der Waals surface area contributed by atoms with Gasteiger partial charge in [0, 0.05) is 6.07 Å². The Bertz CT molecular complexity index is 563. The van der Waals surface area contributed by atoms with Crippen LogP contribution in [0.15, 0.2) is 18.2 Å². The predicted octanol–water partition coefficient (Wildman–Crippen LogP) is 3.53. The third kappa shape index (κ3) is 2.12. The van der Waals surface area contributed by atoms with Gasteiger partial charge in [-0.25, -0.2) is 4.39 Å². The van der Waals surface area contributed by atoms with Crippen molar-refractivity contribution < 1.29 is 13.9 Å². The molecule has 0 aliphatic heterocycles. The van der Waals surface area contributed by atoms with E-state index in [4.69, 9.17) is 10.5 Å². The number of esters is 1. The molecular weight excluding hydrogens is 269 g/mol. The molecule has 0 spiro atoms. The second-order valence-corrected chi connectivity index (χ2v) is 7.27. The summed E-state index contributed by atoms with van der Waals surface area (Å²) in [7, 11) is 0. The molecular formula is C17H20FNO2. The number of nitrogens with two attached hydrogens (primary N) is 1. The van der Waals surface area contributed by atoms with E-state index in [1.165, 1.54) is 31.4 Å². The lowest BCUT2D eigenvalue weighted by molar-refractivity contribution is -0.161. The maximum Gasteiger partial charge on any atom is 0.317 e. The predicted molar refractivity (Wildman–Crippen MR) is 77.1 cm³/mol. The van der Waals surface area contributed by atoms with Gasteiger partial charge in [0.25, 0.3) is 0 Å². The summed E-state index contributed by atoms with van der Waals surface area (Å²) in [4.78, 5) is 12.7. The number of halogens is 1. The van der Waals surface area contributed by atoms with Crippen LogP contribution in [-0.4, -0.2) is 5.97 Å². The zero-order chi connectivity index (χ0) is 14.6. The van der Waals surface area contributed by atoms with Gasteiger partial charge < -0.3 is 10.5 Å². The molecule has 0 saturated heterocycles. The van der Waals surface area contributed by atoms with Gasteiger partial charge in [0.1, 0.15) is 11.6 Å². The van der Waals surface area contributed by atoms with Crippen LogP contribution in [0.1, 0.15) is 38.5 Å². The Hall–Kier alpha value is -1.58. The van der Waals surface area contributed by atoms with E-state index in [1.807, 2.05) is 0 Å². The van der Waals surface area contributed by atoms with Crippen molar-refractivity contribution in [3.8, 4) is 5.75 Å². The molecule has 112 valence electrons. The van der Waals surface area contributed by atoms with Gasteiger partial charge in [-0.05, 0) is 68.4 Å². The fourth-order valence-electron chi connectivity index (χ4n) is 5.15. The van der Waals surface area contributed by atoms with Crippen LogP contribution in [0, 0.1) is 29.0 Å². The molecule has 3 nitrogen and oxygen atoms in total. The molecule has 4 aliphatic carbocycles. The zero-order valence-corrected chi connectivity index (χ0v) is 12.0. The number of nitrogen functional groups attached to an aromatic ring is 1. The summed E-state index contributed by atoms with van der Waals surface area (Å²) < 4.78 is 19.0. The van der Waals surface area contributed by atoms with Crippen molar-refractivity contribution in [1.82, 2.24) is 0 Å². The third-order valence-electron chi connectivity index (χ3n) is 5.65. The number of carbonyl (C=O) groups is 1. The summed E-state index contributed by atoms with van der Waals surface area (Å²) in [5, 5.41) is 0. The van der Waals surface area contributed by atoms with Crippen LogP contribution in [0.3, 0.4) is 0 Å².